The van der Waals surface area contributed by atoms with Gasteiger partial charge in [0.25, 0.3) is 0 Å². The van der Waals surface area contributed by atoms with Gasteiger partial charge in [0.2, 0.25) is 0 Å². The number of nitrogens with zero attached hydrogens (tertiary/aromatic N) is 2. The molecule has 4 nitrogen and oxygen atoms in total. The van der Waals surface area contributed by atoms with Crippen molar-refractivity contribution in [3.8, 4) is 22.5 Å². The van der Waals surface area contributed by atoms with Crippen LogP contribution in [-0.2, 0) is 13.0 Å². The molecule has 0 atom stereocenters. The van der Waals surface area contributed by atoms with Crippen LogP contribution in [0.4, 0.5) is 0 Å². The molecular weight excluding hydrogens is 346 g/mol. The van der Waals surface area contributed by atoms with Crippen molar-refractivity contribution in [2.24, 2.45) is 0 Å². The van der Waals surface area contributed by atoms with Crippen LogP contribution in [0.3, 0.4) is 0 Å². The highest BCUT2D eigenvalue weighted by Gasteiger charge is 2.13. The number of nitrogens with one attached hydrogen (secondary N) is 1. The number of rotatable bonds is 11. The molecule has 0 aliphatic heterocycles. The summed E-state index contributed by atoms with van der Waals surface area (Å²) in [5, 5.41) is 3.41. The quantitative estimate of drug-likeness (QED) is 0.415. The van der Waals surface area contributed by atoms with E-state index in [4.69, 9.17) is 9.40 Å². The molecule has 0 saturated heterocycles. The first-order valence-electron chi connectivity index (χ1n) is 10.5. The van der Waals surface area contributed by atoms with Gasteiger partial charge < -0.3 is 9.73 Å². The largest absolute Gasteiger partial charge is 0.451 e. The summed E-state index contributed by atoms with van der Waals surface area (Å²) in [5.74, 6) is 0. The Kier molecular flexibility index (Phi) is 7.80. The van der Waals surface area contributed by atoms with Gasteiger partial charge in [-0.05, 0) is 43.0 Å². The van der Waals surface area contributed by atoms with Crippen LogP contribution < -0.4 is 5.32 Å². The fraction of sp³-hybridized carbons (Fsp3) is 0.417. The molecule has 1 aromatic carbocycles. The summed E-state index contributed by atoms with van der Waals surface area (Å²) in [6, 6.07) is 13.1. The molecule has 0 bridgehead atoms. The highest BCUT2D eigenvalue weighted by Crippen LogP contribution is 2.30. The average molecular weight is 378 g/mol. The topological polar surface area (TPSA) is 51.0 Å². The summed E-state index contributed by atoms with van der Waals surface area (Å²) in [6.45, 7) is 6.16. The standard InChI is InChI=1S/C24H31N3O/c1-3-5-6-7-8-19-9-11-20(12-10-19)22-14-13-21(16-25-15-4-2)27-24(22)23-17-28-18-26-23/h9-14,17-18,25H,3-8,15-16H2,1-2H3. The highest BCUT2D eigenvalue weighted by molar-refractivity contribution is 5.79. The van der Waals surface area contributed by atoms with Gasteiger partial charge in [0, 0.05) is 12.1 Å². The van der Waals surface area contributed by atoms with Crippen molar-refractivity contribution in [2.45, 2.75) is 58.9 Å². The normalized spacial score (nSPS) is 11.1. The lowest BCUT2D eigenvalue weighted by Crippen LogP contribution is -2.15. The van der Waals surface area contributed by atoms with Gasteiger partial charge >= 0.3 is 0 Å². The molecule has 0 aliphatic carbocycles. The lowest BCUT2D eigenvalue weighted by atomic mass is 9.99. The highest BCUT2D eigenvalue weighted by atomic mass is 16.3. The Morgan fingerprint density at radius 2 is 1.79 bits per heavy atom. The fourth-order valence-corrected chi connectivity index (χ4v) is 3.36. The lowest BCUT2D eigenvalue weighted by molar-refractivity contribution is 0.558. The maximum Gasteiger partial charge on any atom is 0.181 e. The number of benzene rings is 1. The molecule has 28 heavy (non-hydrogen) atoms. The summed E-state index contributed by atoms with van der Waals surface area (Å²) >= 11 is 0. The van der Waals surface area contributed by atoms with Gasteiger partial charge in [0.05, 0.1) is 5.69 Å². The zero-order chi connectivity index (χ0) is 19.6. The number of pyridine rings is 1. The third-order valence-electron chi connectivity index (χ3n) is 4.94. The van der Waals surface area contributed by atoms with Crippen LogP contribution in [0.5, 0.6) is 0 Å². The number of aromatic nitrogens is 2. The van der Waals surface area contributed by atoms with Gasteiger partial charge in [-0.1, -0.05) is 63.4 Å². The summed E-state index contributed by atoms with van der Waals surface area (Å²) < 4.78 is 5.21. The molecule has 0 aliphatic rings. The van der Waals surface area contributed by atoms with Crippen LogP contribution in [0.25, 0.3) is 22.5 Å². The number of oxazole rings is 1. The van der Waals surface area contributed by atoms with Gasteiger partial charge in [-0.25, -0.2) is 9.97 Å². The molecule has 0 amide bonds. The predicted molar refractivity (Wildman–Crippen MR) is 115 cm³/mol. The molecule has 0 fully saturated rings. The van der Waals surface area contributed by atoms with Gasteiger partial charge in [-0.15, -0.1) is 0 Å². The van der Waals surface area contributed by atoms with Crippen LogP contribution in [0.2, 0.25) is 0 Å². The first-order chi connectivity index (χ1) is 13.8. The summed E-state index contributed by atoms with van der Waals surface area (Å²) in [4.78, 5) is 9.21. The molecule has 2 heterocycles. The van der Waals surface area contributed by atoms with E-state index >= 15 is 0 Å². The van der Waals surface area contributed by atoms with E-state index in [1.807, 2.05) is 0 Å². The zero-order valence-electron chi connectivity index (χ0n) is 17.1. The minimum atomic E-state index is 0.760. The van der Waals surface area contributed by atoms with E-state index in [2.05, 4.69) is 60.5 Å². The van der Waals surface area contributed by atoms with Crippen molar-refractivity contribution in [3.63, 3.8) is 0 Å². The fourth-order valence-electron chi connectivity index (χ4n) is 3.36. The van der Waals surface area contributed by atoms with Gasteiger partial charge in [-0.2, -0.15) is 0 Å². The molecular formula is C24H31N3O. The molecule has 0 radical (unpaired) electrons. The molecule has 0 spiro atoms. The summed E-state index contributed by atoms with van der Waals surface area (Å²) in [5.41, 5.74) is 6.32. The first kappa shape index (κ1) is 20.3. The average Bonchev–Trinajstić information content (AvgIpc) is 3.27. The van der Waals surface area contributed by atoms with Gasteiger partial charge in [0.1, 0.15) is 17.7 Å². The van der Waals surface area contributed by atoms with Crippen LogP contribution in [-0.4, -0.2) is 16.5 Å². The van der Waals surface area contributed by atoms with Crippen molar-refractivity contribution in [3.05, 3.63) is 60.3 Å². The molecule has 0 saturated carbocycles. The van der Waals surface area contributed by atoms with E-state index in [1.165, 1.54) is 37.6 Å². The van der Waals surface area contributed by atoms with Crippen molar-refractivity contribution >= 4 is 0 Å². The van der Waals surface area contributed by atoms with Crippen LogP contribution in [0, 0.1) is 0 Å². The van der Waals surface area contributed by atoms with Crippen LogP contribution in [0.1, 0.15) is 57.2 Å². The Bertz CT molecular complexity index is 826. The van der Waals surface area contributed by atoms with Crippen molar-refractivity contribution in [2.75, 3.05) is 6.54 Å². The van der Waals surface area contributed by atoms with E-state index in [0.29, 0.717) is 0 Å². The van der Waals surface area contributed by atoms with Gasteiger partial charge in [0.15, 0.2) is 6.39 Å². The Morgan fingerprint density at radius 1 is 0.929 bits per heavy atom. The van der Waals surface area contributed by atoms with Crippen molar-refractivity contribution in [1.29, 1.82) is 0 Å². The van der Waals surface area contributed by atoms with E-state index in [0.717, 1.165) is 54.1 Å². The van der Waals surface area contributed by atoms with E-state index in [1.54, 1.807) is 6.26 Å². The van der Waals surface area contributed by atoms with Crippen LogP contribution >= 0.6 is 0 Å². The van der Waals surface area contributed by atoms with E-state index < -0.39 is 0 Å². The van der Waals surface area contributed by atoms with E-state index in [9.17, 15) is 0 Å². The number of hydrogen-bond acceptors (Lipinski definition) is 4. The lowest BCUT2D eigenvalue weighted by Gasteiger charge is -2.11. The second-order valence-corrected chi connectivity index (χ2v) is 7.26. The minimum absolute atomic E-state index is 0.760. The summed E-state index contributed by atoms with van der Waals surface area (Å²) in [7, 11) is 0. The third kappa shape index (κ3) is 5.52. The Labute approximate surface area is 168 Å². The third-order valence-corrected chi connectivity index (χ3v) is 4.94. The van der Waals surface area contributed by atoms with Crippen LogP contribution in [0.15, 0.2) is 53.5 Å². The van der Waals surface area contributed by atoms with Gasteiger partial charge in [-0.3, -0.25) is 0 Å². The molecule has 4 heteroatoms. The molecule has 3 aromatic rings. The minimum Gasteiger partial charge on any atom is -0.451 e. The summed E-state index contributed by atoms with van der Waals surface area (Å²) in [6.07, 6.45) is 10.6. The second kappa shape index (κ2) is 10.8. The molecule has 2 aromatic heterocycles. The Balaban J connectivity index is 1.80. The molecule has 3 rings (SSSR count). The maximum atomic E-state index is 5.21. The number of unbranched alkanes of at least 4 members (excludes halogenated alkanes) is 3. The van der Waals surface area contributed by atoms with Crippen molar-refractivity contribution in [1.82, 2.24) is 15.3 Å². The maximum absolute atomic E-state index is 5.21. The SMILES string of the molecule is CCCCCCc1ccc(-c2ccc(CNCCC)nc2-c2cocn2)cc1. The van der Waals surface area contributed by atoms with Crippen molar-refractivity contribution < 1.29 is 4.42 Å². The number of hydrogen-bond donors (Lipinski definition) is 1. The Morgan fingerprint density at radius 3 is 2.50 bits per heavy atom. The molecule has 148 valence electrons. The first-order valence-corrected chi connectivity index (χ1v) is 10.5. The smallest absolute Gasteiger partial charge is 0.181 e. The second-order valence-electron chi connectivity index (χ2n) is 7.26. The predicted octanol–water partition coefficient (Wildman–Crippen LogP) is 6.03. The number of aryl methyl sites for hydroxylation is 1. The van der Waals surface area contributed by atoms with E-state index in [-0.39, 0.29) is 0 Å². The Hall–Kier alpha value is -2.46. The zero-order valence-corrected chi connectivity index (χ0v) is 17.1. The molecule has 1 N–H and O–H groups in total. The monoisotopic (exact) mass is 377 g/mol. The molecule has 0 unspecified atom stereocenters.